The summed E-state index contributed by atoms with van der Waals surface area (Å²) in [5, 5.41) is 7.31. The van der Waals surface area contributed by atoms with Crippen LogP contribution in [0.4, 0.5) is 17.6 Å². The van der Waals surface area contributed by atoms with Crippen molar-refractivity contribution in [2.75, 3.05) is 0 Å². The first-order chi connectivity index (χ1) is 10.6. The Balaban J connectivity index is 0.000000322. The number of rotatable bonds is 2. The third-order valence-corrected chi connectivity index (χ3v) is 3.91. The first-order valence-electron chi connectivity index (χ1n) is 6.85. The van der Waals surface area contributed by atoms with Crippen LogP contribution in [0.1, 0.15) is 37.2 Å². The van der Waals surface area contributed by atoms with Crippen LogP contribution in [0.15, 0.2) is 18.2 Å². The molecule has 0 heterocycles. The van der Waals surface area contributed by atoms with Gasteiger partial charge in [0.1, 0.15) is 12.1 Å². The average Bonchev–Trinajstić information content (AvgIpc) is 2.50. The van der Waals surface area contributed by atoms with Crippen LogP contribution in [-0.2, 0) is 9.59 Å². The van der Waals surface area contributed by atoms with E-state index in [2.05, 4.69) is 0 Å². The fourth-order valence-corrected chi connectivity index (χ4v) is 2.54. The quantitative estimate of drug-likeness (QED) is 0.624. The van der Waals surface area contributed by atoms with Gasteiger partial charge in [-0.3, -0.25) is 0 Å². The van der Waals surface area contributed by atoms with Crippen LogP contribution in [0.25, 0.3) is 0 Å². The fraction of sp³-hybridized carbons (Fsp3) is 0.467. The number of carbonyl (C=O) groups excluding carboxylic acids is 1. The van der Waals surface area contributed by atoms with E-state index in [1.165, 1.54) is 6.07 Å². The van der Waals surface area contributed by atoms with E-state index in [-0.39, 0.29) is 16.8 Å². The number of carboxylic acids is 1. The van der Waals surface area contributed by atoms with Gasteiger partial charge in [-0.05, 0) is 49.3 Å². The minimum Gasteiger partial charge on any atom is -0.475 e. The molecule has 1 aliphatic rings. The molecule has 3 nitrogen and oxygen atoms in total. The summed E-state index contributed by atoms with van der Waals surface area (Å²) in [6, 6.07) is 4.93. The molecule has 0 atom stereocenters. The zero-order chi connectivity index (χ0) is 17.6. The van der Waals surface area contributed by atoms with Crippen molar-refractivity contribution in [2.24, 2.45) is 5.92 Å². The minimum atomic E-state index is -5.08. The summed E-state index contributed by atoms with van der Waals surface area (Å²) in [6.45, 7) is 0. The molecule has 8 heteroatoms. The summed E-state index contributed by atoms with van der Waals surface area (Å²) in [7, 11) is 0. The van der Waals surface area contributed by atoms with E-state index in [0.29, 0.717) is 5.92 Å². The van der Waals surface area contributed by atoms with Crippen molar-refractivity contribution in [1.82, 2.24) is 0 Å². The van der Waals surface area contributed by atoms with Crippen molar-refractivity contribution in [2.45, 2.75) is 37.8 Å². The average molecular weight is 355 g/mol. The van der Waals surface area contributed by atoms with Gasteiger partial charge in [0, 0.05) is 5.92 Å². The van der Waals surface area contributed by atoms with E-state index in [1.54, 1.807) is 12.1 Å². The Kier molecular flexibility index (Phi) is 7.00. The topological polar surface area (TPSA) is 54.4 Å². The van der Waals surface area contributed by atoms with Crippen LogP contribution in [0.2, 0.25) is 5.02 Å². The van der Waals surface area contributed by atoms with Gasteiger partial charge in [-0.1, -0.05) is 17.7 Å². The summed E-state index contributed by atoms with van der Waals surface area (Å²) in [5.74, 6) is -2.49. The summed E-state index contributed by atoms with van der Waals surface area (Å²) in [5.41, 5.74) is 1.09. The SMILES string of the molecule is O=C(O)C(F)(F)F.O=CC1CCC(c2ccc(F)c(Cl)c2)CC1. The highest BCUT2D eigenvalue weighted by molar-refractivity contribution is 6.30. The number of aldehydes is 1. The molecule has 1 aromatic rings. The Hall–Kier alpha value is -1.63. The van der Waals surface area contributed by atoms with Crippen molar-refractivity contribution in [3.05, 3.63) is 34.6 Å². The number of aliphatic carboxylic acids is 1. The predicted molar refractivity (Wildman–Crippen MR) is 75.9 cm³/mol. The van der Waals surface area contributed by atoms with Crippen LogP contribution in [0, 0.1) is 11.7 Å². The van der Waals surface area contributed by atoms with Gasteiger partial charge in [0.05, 0.1) is 5.02 Å². The van der Waals surface area contributed by atoms with Crippen molar-refractivity contribution < 1.29 is 32.3 Å². The number of benzene rings is 1. The molecule has 0 radical (unpaired) electrons. The molecule has 1 aromatic carbocycles. The van der Waals surface area contributed by atoms with Crippen molar-refractivity contribution >= 4 is 23.9 Å². The third kappa shape index (κ3) is 6.17. The van der Waals surface area contributed by atoms with E-state index in [0.717, 1.165) is 37.5 Å². The number of halogens is 5. The molecule has 1 saturated carbocycles. The zero-order valence-electron chi connectivity index (χ0n) is 11.9. The summed E-state index contributed by atoms with van der Waals surface area (Å²) < 4.78 is 44.7. The summed E-state index contributed by atoms with van der Waals surface area (Å²) >= 11 is 5.76. The molecule has 0 aliphatic heterocycles. The molecule has 0 aromatic heterocycles. The van der Waals surface area contributed by atoms with Gasteiger partial charge in [-0.15, -0.1) is 0 Å². The monoisotopic (exact) mass is 354 g/mol. The maximum Gasteiger partial charge on any atom is 0.490 e. The second-order valence-electron chi connectivity index (χ2n) is 5.22. The molecule has 0 unspecified atom stereocenters. The Bertz CT molecular complexity index is 552. The first-order valence-corrected chi connectivity index (χ1v) is 7.23. The van der Waals surface area contributed by atoms with Gasteiger partial charge in [0.2, 0.25) is 0 Å². The van der Waals surface area contributed by atoms with E-state index in [1.807, 2.05) is 0 Å². The van der Waals surface area contributed by atoms with Gasteiger partial charge in [0.15, 0.2) is 0 Å². The highest BCUT2D eigenvalue weighted by atomic mass is 35.5. The molecule has 1 aliphatic carbocycles. The minimum absolute atomic E-state index is 0.190. The van der Waals surface area contributed by atoms with Crippen molar-refractivity contribution in [1.29, 1.82) is 0 Å². The molecule has 0 bridgehead atoms. The van der Waals surface area contributed by atoms with Crippen LogP contribution in [0.5, 0.6) is 0 Å². The second kappa shape index (κ2) is 8.29. The normalized spacial score (nSPS) is 21.1. The van der Waals surface area contributed by atoms with Crippen LogP contribution < -0.4 is 0 Å². The van der Waals surface area contributed by atoms with E-state index >= 15 is 0 Å². The van der Waals surface area contributed by atoms with Gasteiger partial charge in [-0.25, -0.2) is 9.18 Å². The van der Waals surface area contributed by atoms with E-state index in [9.17, 15) is 22.4 Å². The van der Waals surface area contributed by atoms with E-state index in [4.69, 9.17) is 21.5 Å². The molecular weight excluding hydrogens is 340 g/mol. The molecule has 0 amide bonds. The Morgan fingerprint density at radius 1 is 1.22 bits per heavy atom. The predicted octanol–water partition coefficient (Wildman–Crippen LogP) is 4.59. The van der Waals surface area contributed by atoms with Gasteiger partial charge < -0.3 is 9.90 Å². The Morgan fingerprint density at radius 2 is 1.74 bits per heavy atom. The summed E-state index contributed by atoms with van der Waals surface area (Å²) in [4.78, 5) is 19.5. The number of alkyl halides is 3. The highest BCUT2D eigenvalue weighted by Crippen LogP contribution is 2.36. The van der Waals surface area contributed by atoms with Crippen molar-refractivity contribution in [3.63, 3.8) is 0 Å². The van der Waals surface area contributed by atoms with Crippen LogP contribution in [-0.4, -0.2) is 23.5 Å². The Labute approximate surface area is 135 Å². The Morgan fingerprint density at radius 3 is 2.13 bits per heavy atom. The van der Waals surface area contributed by atoms with E-state index < -0.39 is 12.1 Å². The van der Waals surface area contributed by atoms with Crippen molar-refractivity contribution in [3.8, 4) is 0 Å². The lowest BCUT2D eigenvalue weighted by molar-refractivity contribution is -0.192. The maximum atomic E-state index is 13.0. The lowest BCUT2D eigenvalue weighted by Gasteiger charge is -2.25. The van der Waals surface area contributed by atoms with Crippen LogP contribution in [0.3, 0.4) is 0 Å². The highest BCUT2D eigenvalue weighted by Gasteiger charge is 2.38. The molecule has 23 heavy (non-hydrogen) atoms. The van der Waals surface area contributed by atoms with Crippen LogP contribution >= 0.6 is 11.6 Å². The smallest absolute Gasteiger partial charge is 0.475 e. The van der Waals surface area contributed by atoms with Gasteiger partial charge in [0.25, 0.3) is 0 Å². The number of hydrogen-bond acceptors (Lipinski definition) is 2. The first kappa shape index (κ1) is 19.4. The standard InChI is InChI=1S/C13H14ClFO.C2HF3O2/c14-12-7-11(5-6-13(12)15)10-3-1-9(8-16)2-4-10;3-2(4,5)1(6)7/h5-10H,1-4H2;(H,6,7). The lowest BCUT2D eigenvalue weighted by atomic mass is 9.79. The number of carbonyl (C=O) groups is 2. The lowest BCUT2D eigenvalue weighted by Crippen LogP contribution is -2.21. The zero-order valence-corrected chi connectivity index (χ0v) is 12.7. The molecule has 2 rings (SSSR count). The molecular formula is C15H15ClF4O3. The van der Waals surface area contributed by atoms with Gasteiger partial charge >= 0.3 is 12.1 Å². The third-order valence-electron chi connectivity index (χ3n) is 3.62. The number of carboxylic acid groups (broad SMARTS) is 1. The summed E-state index contributed by atoms with van der Waals surface area (Å²) in [6.07, 6.45) is -0.184. The molecule has 128 valence electrons. The molecule has 1 N–H and O–H groups in total. The maximum absolute atomic E-state index is 13.0. The number of hydrogen-bond donors (Lipinski definition) is 1. The second-order valence-corrected chi connectivity index (χ2v) is 5.63. The van der Waals surface area contributed by atoms with Gasteiger partial charge in [-0.2, -0.15) is 13.2 Å². The molecule has 0 spiro atoms. The fourth-order valence-electron chi connectivity index (χ4n) is 2.35. The molecule has 1 fully saturated rings. The molecule has 0 saturated heterocycles. The largest absolute Gasteiger partial charge is 0.490 e.